The van der Waals surface area contributed by atoms with Gasteiger partial charge in [-0.2, -0.15) is 0 Å². The Morgan fingerprint density at radius 1 is 1.27 bits per heavy atom. The number of nitrogens with one attached hydrogen (secondary N) is 2. The van der Waals surface area contributed by atoms with Crippen LogP contribution in [0.2, 0.25) is 5.15 Å². The van der Waals surface area contributed by atoms with Crippen molar-refractivity contribution in [3.8, 4) is 0 Å². The summed E-state index contributed by atoms with van der Waals surface area (Å²) in [4.78, 5) is 32.3. The number of aromatic nitrogens is 2. The van der Waals surface area contributed by atoms with Crippen LogP contribution in [0.3, 0.4) is 0 Å². The summed E-state index contributed by atoms with van der Waals surface area (Å²) in [7, 11) is 1.25. The predicted octanol–water partition coefficient (Wildman–Crippen LogP) is 2.69. The van der Waals surface area contributed by atoms with E-state index in [0.717, 1.165) is 38.5 Å². The largest absolute Gasteiger partial charge is 0.464 e. The van der Waals surface area contributed by atoms with Gasteiger partial charge in [0.25, 0.3) is 5.91 Å². The number of carbonyl (C=O) groups excluding carboxylic acids is 2. The Labute approximate surface area is 178 Å². The maximum Gasteiger partial charge on any atom is 0.360 e. The molecule has 9 nitrogen and oxygen atoms in total. The van der Waals surface area contributed by atoms with Gasteiger partial charge < -0.3 is 24.9 Å². The number of pyridine rings is 1. The number of hydrogen-bond acceptors (Lipinski definition) is 8. The normalized spacial score (nSPS) is 25.0. The van der Waals surface area contributed by atoms with Crippen molar-refractivity contribution in [2.45, 2.75) is 56.2 Å². The average molecular weight is 435 g/mol. The van der Waals surface area contributed by atoms with E-state index in [2.05, 4.69) is 25.3 Å². The van der Waals surface area contributed by atoms with Crippen LogP contribution in [0.1, 0.15) is 65.3 Å². The maximum absolute atomic E-state index is 12.8. The van der Waals surface area contributed by atoms with E-state index in [1.165, 1.54) is 19.6 Å². The van der Waals surface area contributed by atoms with Crippen molar-refractivity contribution in [2.24, 2.45) is 0 Å². The van der Waals surface area contributed by atoms with Gasteiger partial charge in [-0.05, 0) is 44.6 Å². The number of rotatable bonds is 6. The van der Waals surface area contributed by atoms with Crippen LogP contribution in [0.25, 0.3) is 0 Å². The van der Waals surface area contributed by atoms with E-state index in [4.69, 9.17) is 16.0 Å². The molecule has 3 N–H and O–H groups in total. The number of hydrogen-bond donors (Lipinski definition) is 3. The Bertz CT molecular complexity index is 951. The molecule has 2 bridgehead atoms. The number of nitrogens with zero attached hydrogens (tertiary/aromatic N) is 2. The minimum Gasteiger partial charge on any atom is -0.464 e. The fourth-order valence-electron chi connectivity index (χ4n) is 4.19. The standard InChI is InChI=1S/C20H23ClN4O5/c1-29-18(27)14-11-30-16(24-14)10-23-17(26)12-9-22-15(21)8-13(12)25-19-2-5-20(28,6-3-19)7-4-19/h8-9,11,28H,2-7,10H2,1H3,(H,22,25)(H,23,26). The molecular formula is C20H23ClN4O5. The van der Waals surface area contributed by atoms with Gasteiger partial charge in [0, 0.05) is 11.7 Å². The van der Waals surface area contributed by atoms with Crippen LogP contribution in [0.15, 0.2) is 22.9 Å². The highest BCUT2D eigenvalue weighted by atomic mass is 35.5. The van der Waals surface area contributed by atoms with Crippen LogP contribution in [0.4, 0.5) is 5.69 Å². The van der Waals surface area contributed by atoms with Gasteiger partial charge in [0.1, 0.15) is 11.4 Å². The van der Waals surface area contributed by atoms with Crippen molar-refractivity contribution in [3.05, 3.63) is 40.8 Å². The zero-order valence-corrected chi connectivity index (χ0v) is 17.3. The number of anilines is 1. The lowest BCUT2D eigenvalue weighted by Gasteiger charge is -2.51. The number of amides is 1. The predicted molar refractivity (Wildman–Crippen MR) is 107 cm³/mol. The molecular weight excluding hydrogens is 412 g/mol. The number of halogens is 1. The van der Waals surface area contributed by atoms with E-state index in [1.54, 1.807) is 6.07 Å². The van der Waals surface area contributed by atoms with E-state index in [0.29, 0.717) is 11.3 Å². The Hall–Kier alpha value is -2.65. The molecule has 2 aromatic rings. The van der Waals surface area contributed by atoms with Crippen molar-refractivity contribution >= 4 is 29.2 Å². The molecule has 0 unspecified atom stereocenters. The number of esters is 1. The van der Waals surface area contributed by atoms with Crippen LogP contribution >= 0.6 is 11.6 Å². The summed E-state index contributed by atoms with van der Waals surface area (Å²) in [6, 6.07) is 1.64. The van der Waals surface area contributed by atoms with E-state index < -0.39 is 11.6 Å². The summed E-state index contributed by atoms with van der Waals surface area (Å²) >= 11 is 6.09. The Balaban J connectivity index is 1.47. The molecule has 0 aliphatic heterocycles. The van der Waals surface area contributed by atoms with Gasteiger partial charge >= 0.3 is 5.97 Å². The first kappa shape index (κ1) is 20.6. The summed E-state index contributed by atoms with van der Waals surface area (Å²) < 4.78 is 9.77. The lowest BCUT2D eigenvalue weighted by atomic mass is 9.63. The van der Waals surface area contributed by atoms with E-state index in [-0.39, 0.29) is 34.7 Å². The van der Waals surface area contributed by atoms with Crippen molar-refractivity contribution in [1.82, 2.24) is 15.3 Å². The van der Waals surface area contributed by atoms with E-state index >= 15 is 0 Å². The number of aliphatic hydroxyl groups is 1. The van der Waals surface area contributed by atoms with Gasteiger partial charge in [-0.1, -0.05) is 11.6 Å². The average Bonchev–Trinajstić information content (AvgIpc) is 3.22. The molecule has 160 valence electrons. The fourth-order valence-corrected chi connectivity index (χ4v) is 4.35. The first-order valence-corrected chi connectivity index (χ1v) is 10.2. The molecule has 0 saturated heterocycles. The minimum absolute atomic E-state index is 0.00390. The molecule has 0 aromatic carbocycles. The van der Waals surface area contributed by atoms with Gasteiger partial charge in [-0.25, -0.2) is 14.8 Å². The highest BCUT2D eigenvalue weighted by Gasteiger charge is 2.47. The summed E-state index contributed by atoms with van der Waals surface area (Å²) in [6.45, 7) is -0.00390. The minimum atomic E-state index is -0.615. The number of carbonyl (C=O) groups is 2. The molecule has 2 heterocycles. The molecule has 3 aliphatic carbocycles. The van der Waals surface area contributed by atoms with Crippen molar-refractivity contribution in [1.29, 1.82) is 0 Å². The lowest BCUT2D eigenvalue weighted by molar-refractivity contribution is -0.0580. The van der Waals surface area contributed by atoms with Gasteiger partial charge in [0.2, 0.25) is 5.89 Å². The molecule has 5 rings (SSSR count). The van der Waals surface area contributed by atoms with Crippen LogP contribution in [0, 0.1) is 0 Å². The highest BCUT2D eigenvalue weighted by molar-refractivity contribution is 6.29. The summed E-state index contributed by atoms with van der Waals surface area (Å²) in [6.07, 6.45) is 7.32. The Morgan fingerprint density at radius 2 is 1.97 bits per heavy atom. The molecule has 2 aromatic heterocycles. The number of ether oxygens (including phenoxy) is 1. The smallest absolute Gasteiger partial charge is 0.360 e. The number of oxazole rings is 1. The quantitative estimate of drug-likeness (QED) is 0.468. The molecule has 3 fully saturated rings. The van der Waals surface area contributed by atoms with Crippen molar-refractivity contribution < 1.29 is 23.8 Å². The Kier molecular flexibility index (Phi) is 5.42. The van der Waals surface area contributed by atoms with Gasteiger partial charge in [-0.3, -0.25) is 4.79 Å². The van der Waals surface area contributed by atoms with Crippen LogP contribution < -0.4 is 10.6 Å². The zero-order valence-electron chi connectivity index (χ0n) is 16.5. The maximum atomic E-state index is 12.8. The molecule has 10 heteroatoms. The monoisotopic (exact) mass is 434 g/mol. The van der Waals surface area contributed by atoms with Crippen molar-refractivity contribution in [3.63, 3.8) is 0 Å². The number of methoxy groups -OCH3 is 1. The van der Waals surface area contributed by atoms with E-state index in [1.807, 2.05) is 0 Å². The zero-order chi connectivity index (χ0) is 21.4. The molecule has 3 aliphatic rings. The van der Waals surface area contributed by atoms with E-state index in [9.17, 15) is 14.7 Å². The van der Waals surface area contributed by atoms with Crippen molar-refractivity contribution in [2.75, 3.05) is 12.4 Å². The first-order chi connectivity index (χ1) is 14.3. The van der Waals surface area contributed by atoms with Gasteiger partial charge in [0.05, 0.1) is 30.5 Å². The second kappa shape index (κ2) is 7.88. The molecule has 1 amide bonds. The SMILES string of the molecule is COC(=O)c1coc(CNC(=O)c2cnc(Cl)cc2NC23CCC(O)(CC2)CC3)n1. The first-order valence-electron chi connectivity index (χ1n) is 9.79. The Morgan fingerprint density at radius 3 is 2.63 bits per heavy atom. The second-order valence-electron chi connectivity index (χ2n) is 7.98. The third kappa shape index (κ3) is 4.13. The number of fused-ring (bicyclic) bond motifs is 3. The molecule has 30 heavy (non-hydrogen) atoms. The van der Waals surface area contributed by atoms with Crippen LogP contribution in [-0.2, 0) is 11.3 Å². The summed E-state index contributed by atoms with van der Waals surface area (Å²) in [5, 5.41) is 17.0. The summed E-state index contributed by atoms with van der Waals surface area (Å²) in [5.41, 5.74) is 0.272. The summed E-state index contributed by atoms with van der Waals surface area (Å²) in [5.74, 6) is -0.813. The van der Waals surface area contributed by atoms with Gasteiger partial charge in [-0.15, -0.1) is 0 Å². The highest BCUT2D eigenvalue weighted by Crippen LogP contribution is 2.48. The van der Waals surface area contributed by atoms with Crippen LogP contribution in [-0.4, -0.2) is 45.2 Å². The lowest BCUT2D eigenvalue weighted by Crippen LogP contribution is -2.54. The topological polar surface area (TPSA) is 127 Å². The second-order valence-corrected chi connectivity index (χ2v) is 8.37. The third-order valence-electron chi connectivity index (χ3n) is 6.07. The van der Waals surface area contributed by atoms with Crippen LogP contribution in [0.5, 0.6) is 0 Å². The third-order valence-corrected chi connectivity index (χ3v) is 6.27. The molecule has 3 saturated carbocycles. The van der Waals surface area contributed by atoms with Gasteiger partial charge in [0.15, 0.2) is 5.69 Å². The molecule has 0 spiro atoms. The fraction of sp³-hybridized carbons (Fsp3) is 0.500. The molecule has 0 atom stereocenters. The molecule has 0 radical (unpaired) electrons.